The van der Waals surface area contributed by atoms with E-state index in [1.807, 2.05) is 54.6 Å². The van der Waals surface area contributed by atoms with E-state index < -0.39 is 18.0 Å². The fourth-order valence-corrected chi connectivity index (χ4v) is 3.55. The molecule has 2 aromatic rings. The van der Waals surface area contributed by atoms with Crippen LogP contribution in [0, 0.1) is 5.92 Å². The van der Waals surface area contributed by atoms with Crippen molar-refractivity contribution < 1.29 is 19.4 Å². The van der Waals surface area contributed by atoms with E-state index >= 15 is 0 Å². The van der Waals surface area contributed by atoms with Gasteiger partial charge in [-0.15, -0.1) is 0 Å². The van der Waals surface area contributed by atoms with E-state index in [0.717, 1.165) is 23.1 Å². The molecule has 1 aliphatic heterocycles. The van der Waals surface area contributed by atoms with Crippen molar-refractivity contribution in [2.45, 2.75) is 25.9 Å². The second kappa shape index (κ2) is 8.04. The third-order valence-corrected chi connectivity index (χ3v) is 4.94. The second-order valence-electron chi connectivity index (χ2n) is 6.55. The number of hydrogen-bond acceptors (Lipinski definition) is 3. The standard InChI is InChI=1S/C21H23NO4/c1-2-16-10-6-7-11-17(16)18-12-22(13-19(18)20(23)24)21(25)26-14-15-8-4-3-5-9-15/h3-11,18-19H,2,12-14H2,1H3,(H,23,24). The van der Waals surface area contributed by atoms with Crippen molar-refractivity contribution in [1.82, 2.24) is 4.90 Å². The minimum Gasteiger partial charge on any atom is -0.481 e. The minimum absolute atomic E-state index is 0.172. The van der Waals surface area contributed by atoms with Gasteiger partial charge in [0, 0.05) is 19.0 Å². The first-order valence-electron chi connectivity index (χ1n) is 8.86. The van der Waals surface area contributed by atoms with E-state index in [2.05, 4.69) is 6.92 Å². The zero-order valence-corrected chi connectivity index (χ0v) is 14.8. The molecule has 3 rings (SSSR count). The van der Waals surface area contributed by atoms with Crippen LogP contribution in [0.4, 0.5) is 4.79 Å². The molecule has 5 nitrogen and oxygen atoms in total. The van der Waals surface area contributed by atoms with Crippen LogP contribution in [0.25, 0.3) is 0 Å². The number of hydrogen-bond donors (Lipinski definition) is 1. The lowest BCUT2D eigenvalue weighted by Crippen LogP contribution is -2.30. The zero-order valence-electron chi connectivity index (χ0n) is 14.8. The summed E-state index contributed by atoms with van der Waals surface area (Å²) in [7, 11) is 0. The number of likely N-dealkylation sites (tertiary alicyclic amines) is 1. The van der Waals surface area contributed by atoms with Crippen molar-refractivity contribution in [2.75, 3.05) is 13.1 Å². The molecule has 1 fully saturated rings. The third-order valence-electron chi connectivity index (χ3n) is 4.94. The molecule has 0 radical (unpaired) electrons. The highest BCUT2D eigenvalue weighted by atomic mass is 16.6. The largest absolute Gasteiger partial charge is 0.481 e. The average molecular weight is 353 g/mol. The molecule has 0 aliphatic carbocycles. The number of carboxylic acids is 1. The maximum absolute atomic E-state index is 12.4. The fourth-order valence-electron chi connectivity index (χ4n) is 3.55. The molecule has 0 spiro atoms. The lowest BCUT2D eigenvalue weighted by Gasteiger charge is -2.18. The van der Waals surface area contributed by atoms with Crippen LogP contribution in [0.1, 0.15) is 29.5 Å². The average Bonchev–Trinajstić information content (AvgIpc) is 3.12. The maximum Gasteiger partial charge on any atom is 0.410 e. The van der Waals surface area contributed by atoms with Crippen molar-refractivity contribution >= 4 is 12.1 Å². The molecular formula is C21H23NO4. The zero-order chi connectivity index (χ0) is 18.5. The van der Waals surface area contributed by atoms with Gasteiger partial charge in [-0.2, -0.15) is 0 Å². The van der Waals surface area contributed by atoms with Gasteiger partial charge in [-0.3, -0.25) is 4.79 Å². The molecule has 1 N–H and O–H groups in total. The number of carbonyl (C=O) groups excluding carboxylic acids is 1. The molecule has 26 heavy (non-hydrogen) atoms. The molecule has 1 saturated heterocycles. The molecular weight excluding hydrogens is 330 g/mol. The summed E-state index contributed by atoms with van der Waals surface area (Å²) in [6.07, 6.45) is 0.369. The normalized spacial score (nSPS) is 19.3. The Morgan fingerprint density at radius 3 is 2.46 bits per heavy atom. The monoisotopic (exact) mass is 353 g/mol. The number of benzene rings is 2. The number of rotatable bonds is 5. The Labute approximate surface area is 153 Å². The number of aliphatic carboxylic acids is 1. The SMILES string of the molecule is CCc1ccccc1C1CN(C(=O)OCc2ccccc2)CC1C(=O)O. The molecule has 0 bridgehead atoms. The highest BCUT2D eigenvalue weighted by molar-refractivity contribution is 5.76. The number of carboxylic acid groups (broad SMARTS) is 1. The molecule has 136 valence electrons. The van der Waals surface area contributed by atoms with Gasteiger partial charge in [0.15, 0.2) is 0 Å². The quantitative estimate of drug-likeness (QED) is 0.890. The molecule has 2 aromatic carbocycles. The third kappa shape index (κ3) is 3.87. The summed E-state index contributed by atoms with van der Waals surface area (Å²) in [6, 6.07) is 17.3. The van der Waals surface area contributed by atoms with Gasteiger partial charge in [-0.25, -0.2) is 4.79 Å². The smallest absolute Gasteiger partial charge is 0.410 e. The van der Waals surface area contributed by atoms with Crippen molar-refractivity contribution in [3.05, 3.63) is 71.3 Å². The Kier molecular flexibility index (Phi) is 5.56. The summed E-state index contributed by atoms with van der Waals surface area (Å²) in [5, 5.41) is 9.64. The lowest BCUT2D eigenvalue weighted by atomic mass is 9.85. The van der Waals surface area contributed by atoms with E-state index in [0.29, 0.717) is 6.54 Å². The first-order chi connectivity index (χ1) is 12.6. The van der Waals surface area contributed by atoms with Crippen LogP contribution < -0.4 is 0 Å². The number of aryl methyl sites for hydroxylation is 1. The summed E-state index contributed by atoms with van der Waals surface area (Å²) in [5.74, 6) is -1.71. The summed E-state index contributed by atoms with van der Waals surface area (Å²) < 4.78 is 5.37. The van der Waals surface area contributed by atoms with Gasteiger partial charge in [0.2, 0.25) is 0 Å². The van der Waals surface area contributed by atoms with Crippen LogP contribution in [0.3, 0.4) is 0 Å². The molecule has 2 unspecified atom stereocenters. The number of carbonyl (C=O) groups is 2. The Morgan fingerprint density at radius 1 is 1.08 bits per heavy atom. The molecule has 0 saturated carbocycles. The molecule has 1 aliphatic rings. The molecule has 1 amide bonds. The first-order valence-corrected chi connectivity index (χ1v) is 8.86. The second-order valence-corrected chi connectivity index (χ2v) is 6.55. The van der Waals surface area contributed by atoms with Crippen molar-refractivity contribution in [3.8, 4) is 0 Å². The minimum atomic E-state index is -0.876. The summed E-state index contributed by atoms with van der Waals surface area (Å²) in [5.41, 5.74) is 3.05. The van der Waals surface area contributed by atoms with Gasteiger partial charge >= 0.3 is 12.1 Å². The van der Waals surface area contributed by atoms with Crippen LogP contribution in [-0.4, -0.2) is 35.2 Å². The topological polar surface area (TPSA) is 66.8 Å². The molecule has 2 atom stereocenters. The first kappa shape index (κ1) is 18.0. The molecule has 0 aromatic heterocycles. The molecule has 1 heterocycles. The van der Waals surface area contributed by atoms with E-state index in [9.17, 15) is 14.7 Å². The van der Waals surface area contributed by atoms with Gasteiger partial charge in [0.05, 0.1) is 5.92 Å². The lowest BCUT2D eigenvalue weighted by molar-refractivity contribution is -0.141. The predicted octanol–water partition coefficient (Wildman–Crippen LogP) is 3.69. The van der Waals surface area contributed by atoms with Gasteiger partial charge < -0.3 is 14.7 Å². The van der Waals surface area contributed by atoms with Gasteiger partial charge in [-0.1, -0.05) is 61.5 Å². The van der Waals surface area contributed by atoms with Crippen molar-refractivity contribution in [3.63, 3.8) is 0 Å². The van der Waals surface area contributed by atoms with Gasteiger partial charge in [0.1, 0.15) is 6.61 Å². The van der Waals surface area contributed by atoms with Crippen molar-refractivity contribution in [2.24, 2.45) is 5.92 Å². The Hall–Kier alpha value is -2.82. The Balaban J connectivity index is 1.72. The summed E-state index contributed by atoms with van der Waals surface area (Å²) >= 11 is 0. The summed E-state index contributed by atoms with van der Waals surface area (Å²) in [6.45, 7) is 2.77. The predicted molar refractivity (Wildman–Crippen MR) is 97.9 cm³/mol. The highest BCUT2D eigenvalue weighted by Gasteiger charge is 2.41. The number of ether oxygens (including phenoxy) is 1. The Bertz CT molecular complexity index is 775. The van der Waals surface area contributed by atoms with Crippen LogP contribution in [-0.2, 0) is 22.6 Å². The van der Waals surface area contributed by atoms with Crippen LogP contribution in [0.5, 0.6) is 0 Å². The van der Waals surface area contributed by atoms with E-state index in [1.54, 1.807) is 0 Å². The van der Waals surface area contributed by atoms with Gasteiger partial charge in [0.25, 0.3) is 0 Å². The Morgan fingerprint density at radius 2 is 1.77 bits per heavy atom. The number of nitrogens with zero attached hydrogens (tertiary/aromatic N) is 1. The van der Waals surface area contributed by atoms with E-state index in [4.69, 9.17) is 4.74 Å². The van der Waals surface area contributed by atoms with E-state index in [-0.39, 0.29) is 19.1 Å². The van der Waals surface area contributed by atoms with Crippen molar-refractivity contribution in [1.29, 1.82) is 0 Å². The fraction of sp³-hybridized carbons (Fsp3) is 0.333. The van der Waals surface area contributed by atoms with Crippen LogP contribution in [0.2, 0.25) is 0 Å². The van der Waals surface area contributed by atoms with Crippen LogP contribution >= 0.6 is 0 Å². The van der Waals surface area contributed by atoms with Crippen LogP contribution in [0.15, 0.2) is 54.6 Å². The molecule has 5 heteroatoms. The van der Waals surface area contributed by atoms with Gasteiger partial charge in [-0.05, 0) is 23.1 Å². The van der Waals surface area contributed by atoms with E-state index in [1.165, 1.54) is 4.90 Å². The maximum atomic E-state index is 12.4. The number of amides is 1. The summed E-state index contributed by atoms with van der Waals surface area (Å²) in [4.78, 5) is 25.7. The highest BCUT2D eigenvalue weighted by Crippen LogP contribution is 2.35.